The fraction of sp³-hybridized carbons (Fsp3) is 0.222. The fourth-order valence-corrected chi connectivity index (χ4v) is 1.26. The standard InChI is InChI=1S/C9H10N2O5/c1-15-8-6(10)4-3-5(9(12)16-2)7(8)11(13)14/h3-4H,10H2,1-2H3. The molecular weight excluding hydrogens is 216 g/mol. The second-order valence-electron chi connectivity index (χ2n) is 2.83. The number of ether oxygens (including phenoxy) is 2. The van der Waals surface area contributed by atoms with Crippen LogP contribution in [0.15, 0.2) is 12.1 Å². The largest absolute Gasteiger partial charge is 0.489 e. The minimum absolute atomic E-state index is 0.0850. The quantitative estimate of drug-likeness (QED) is 0.356. The molecule has 0 aliphatic rings. The van der Waals surface area contributed by atoms with Gasteiger partial charge >= 0.3 is 11.7 Å². The van der Waals surface area contributed by atoms with E-state index in [2.05, 4.69) is 4.74 Å². The van der Waals surface area contributed by atoms with Gasteiger partial charge in [-0.2, -0.15) is 0 Å². The van der Waals surface area contributed by atoms with Crippen LogP contribution in [0.2, 0.25) is 0 Å². The van der Waals surface area contributed by atoms with Crippen molar-refractivity contribution in [3.05, 3.63) is 27.8 Å². The van der Waals surface area contributed by atoms with Crippen molar-refractivity contribution in [1.29, 1.82) is 0 Å². The average molecular weight is 226 g/mol. The number of rotatable bonds is 3. The highest BCUT2D eigenvalue weighted by Crippen LogP contribution is 2.36. The highest BCUT2D eigenvalue weighted by molar-refractivity contribution is 5.96. The fourth-order valence-electron chi connectivity index (χ4n) is 1.26. The Morgan fingerprint density at radius 2 is 2.06 bits per heavy atom. The Kier molecular flexibility index (Phi) is 3.29. The zero-order valence-electron chi connectivity index (χ0n) is 8.72. The number of carbonyl (C=O) groups excluding carboxylic acids is 1. The molecule has 0 radical (unpaired) electrons. The topological polar surface area (TPSA) is 105 Å². The summed E-state index contributed by atoms with van der Waals surface area (Å²) < 4.78 is 9.23. The van der Waals surface area contributed by atoms with Crippen molar-refractivity contribution in [1.82, 2.24) is 0 Å². The summed E-state index contributed by atoms with van der Waals surface area (Å²) in [6.07, 6.45) is 0. The van der Waals surface area contributed by atoms with E-state index in [0.717, 1.165) is 7.11 Å². The number of esters is 1. The molecule has 7 heteroatoms. The van der Waals surface area contributed by atoms with Crippen molar-refractivity contribution in [2.24, 2.45) is 0 Å². The molecule has 1 rings (SSSR count). The van der Waals surface area contributed by atoms with Gasteiger partial charge < -0.3 is 15.2 Å². The van der Waals surface area contributed by atoms with E-state index < -0.39 is 16.6 Å². The van der Waals surface area contributed by atoms with Crippen LogP contribution in [0.5, 0.6) is 5.75 Å². The Morgan fingerprint density at radius 3 is 2.50 bits per heavy atom. The minimum Gasteiger partial charge on any atom is -0.489 e. The lowest BCUT2D eigenvalue weighted by atomic mass is 10.1. The maximum Gasteiger partial charge on any atom is 0.345 e. The summed E-state index contributed by atoms with van der Waals surface area (Å²) >= 11 is 0. The van der Waals surface area contributed by atoms with E-state index in [4.69, 9.17) is 10.5 Å². The third-order valence-corrected chi connectivity index (χ3v) is 1.95. The van der Waals surface area contributed by atoms with Gasteiger partial charge in [0.15, 0.2) is 0 Å². The van der Waals surface area contributed by atoms with Crippen LogP contribution in [0, 0.1) is 10.1 Å². The van der Waals surface area contributed by atoms with Crippen molar-refractivity contribution in [3.8, 4) is 5.75 Å². The van der Waals surface area contributed by atoms with Crippen LogP contribution in [-0.2, 0) is 4.74 Å². The van der Waals surface area contributed by atoms with Crippen LogP contribution < -0.4 is 10.5 Å². The van der Waals surface area contributed by atoms with Gasteiger partial charge in [0.05, 0.1) is 24.8 Å². The Hall–Kier alpha value is -2.31. The van der Waals surface area contributed by atoms with Crippen molar-refractivity contribution >= 4 is 17.3 Å². The molecular formula is C9H10N2O5. The molecule has 0 saturated carbocycles. The van der Waals surface area contributed by atoms with E-state index in [1.165, 1.54) is 19.2 Å². The number of nitrogens with two attached hydrogens (primary N) is 1. The zero-order valence-corrected chi connectivity index (χ0v) is 8.72. The molecule has 0 aromatic heterocycles. The second-order valence-corrected chi connectivity index (χ2v) is 2.83. The first kappa shape index (κ1) is 11.8. The third kappa shape index (κ3) is 1.88. The molecule has 0 aliphatic heterocycles. The smallest absolute Gasteiger partial charge is 0.345 e. The van der Waals surface area contributed by atoms with Gasteiger partial charge in [-0.15, -0.1) is 0 Å². The Balaban J connectivity index is 3.51. The monoisotopic (exact) mass is 226 g/mol. The lowest BCUT2D eigenvalue weighted by Crippen LogP contribution is -2.08. The molecule has 0 saturated heterocycles. The summed E-state index contributed by atoms with van der Waals surface area (Å²) in [5.74, 6) is -0.960. The van der Waals surface area contributed by atoms with Crippen LogP contribution in [0.1, 0.15) is 10.4 Å². The van der Waals surface area contributed by atoms with Gasteiger partial charge in [-0.25, -0.2) is 4.79 Å². The van der Waals surface area contributed by atoms with Crippen LogP contribution >= 0.6 is 0 Å². The lowest BCUT2D eigenvalue weighted by Gasteiger charge is -2.07. The summed E-state index contributed by atoms with van der Waals surface area (Å²) in [5.41, 5.74) is 4.90. The van der Waals surface area contributed by atoms with Gasteiger partial charge in [0.25, 0.3) is 0 Å². The number of methoxy groups -OCH3 is 2. The van der Waals surface area contributed by atoms with Gasteiger partial charge in [-0.1, -0.05) is 0 Å². The predicted molar refractivity (Wildman–Crippen MR) is 55.4 cm³/mol. The SMILES string of the molecule is COC(=O)c1ccc(N)c(OC)c1[N+](=O)[O-]. The van der Waals surface area contributed by atoms with Crippen molar-refractivity contribution in [2.45, 2.75) is 0 Å². The van der Waals surface area contributed by atoms with Crippen LogP contribution in [0.25, 0.3) is 0 Å². The van der Waals surface area contributed by atoms with Crippen molar-refractivity contribution in [3.63, 3.8) is 0 Å². The summed E-state index contributed by atoms with van der Waals surface area (Å²) in [6.45, 7) is 0. The summed E-state index contributed by atoms with van der Waals surface area (Å²) in [4.78, 5) is 21.4. The zero-order chi connectivity index (χ0) is 12.3. The predicted octanol–water partition coefficient (Wildman–Crippen LogP) is 0.972. The third-order valence-electron chi connectivity index (χ3n) is 1.95. The average Bonchev–Trinajstić information content (AvgIpc) is 2.27. The molecule has 7 nitrogen and oxygen atoms in total. The highest BCUT2D eigenvalue weighted by Gasteiger charge is 2.27. The first-order valence-electron chi connectivity index (χ1n) is 4.22. The number of nitro benzene ring substituents is 1. The molecule has 0 heterocycles. The van der Waals surface area contributed by atoms with E-state index in [-0.39, 0.29) is 17.0 Å². The molecule has 0 spiro atoms. The Morgan fingerprint density at radius 1 is 1.44 bits per heavy atom. The van der Waals surface area contributed by atoms with Gasteiger partial charge in [0.1, 0.15) is 5.56 Å². The number of hydrogen-bond acceptors (Lipinski definition) is 6. The number of hydrogen-bond donors (Lipinski definition) is 1. The van der Waals surface area contributed by atoms with E-state index >= 15 is 0 Å². The number of anilines is 1. The van der Waals surface area contributed by atoms with Gasteiger partial charge in [-0.05, 0) is 12.1 Å². The van der Waals surface area contributed by atoms with Crippen LogP contribution in [-0.4, -0.2) is 25.1 Å². The molecule has 0 unspecified atom stereocenters. The summed E-state index contributed by atoms with van der Waals surface area (Å²) in [6, 6.07) is 2.57. The second kappa shape index (κ2) is 4.47. The molecule has 0 fully saturated rings. The normalized spacial score (nSPS) is 9.62. The lowest BCUT2D eigenvalue weighted by molar-refractivity contribution is -0.386. The van der Waals surface area contributed by atoms with Crippen LogP contribution in [0.4, 0.5) is 11.4 Å². The molecule has 16 heavy (non-hydrogen) atoms. The molecule has 0 bridgehead atoms. The van der Waals surface area contributed by atoms with Gasteiger partial charge in [0, 0.05) is 0 Å². The molecule has 1 aromatic carbocycles. The molecule has 1 aromatic rings. The van der Waals surface area contributed by atoms with E-state index in [1.54, 1.807) is 0 Å². The van der Waals surface area contributed by atoms with Gasteiger partial charge in [-0.3, -0.25) is 10.1 Å². The Bertz CT molecular complexity index is 444. The van der Waals surface area contributed by atoms with E-state index in [9.17, 15) is 14.9 Å². The molecule has 2 N–H and O–H groups in total. The summed E-state index contributed by atoms with van der Waals surface area (Å²) in [5, 5.41) is 10.8. The van der Waals surface area contributed by atoms with Crippen molar-refractivity contribution in [2.75, 3.05) is 20.0 Å². The number of nitrogen functional groups attached to an aromatic ring is 1. The maximum absolute atomic E-state index is 11.3. The van der Waals surface area contributed by atoms with Crippen molar-refractivity contribution < 1.29 is 19.2 Å². The number of nitrogens with zero attached hydrogens (tertiary/aromatic N) is 1. The van der Waals surface area contributed by atoms with Gasteiger partial charge in [0.2, 0.25) is 5.75 Å². The summed E-state index contributed by atoms with van der Waals surface area (Å²) in [7, 11) is 2.37. The van der Waals surface area contributed by atoms with Crippen LogP contribution in [0.3, 0.4) is 0 Å². The molecule has 0 atom stereocenters. The minimum atomic E-state index is -0.815. The number of carbonyl (C=O) groups is 1. The first-order chi connectivity index (χ1) is 7.52. The van der Waals surface area contributed by atoms with E-state index in [1.807, 2.05) is 0 Å². The molecule has 0 amide bonds. The number of nitro groups is 1. The molecule has 86 valence electrons. The number of benzene rings is 1. The molecule has 0 aliphatic carbocycles. The van der Waals surface area contributed by atoms with E-state index in [0.29, 0.717) is 0 Å². The highest BCUT2D eigenvalue weighted by atomic mass is 16.6. The first-order valence-corrected chi connectivity index (χ1v) is 4.22. The Labute approximate surface area is 90.9 Å². The maximum atomic E-state index is 11.3.